The number of benzene rings is 1. The van der Waals surface area contributed by atoms with Crippen molar-refractivity contribution in [1.29, 1.82) is 0 Å². The molecule has 0 amide bonds. The lowest BCUT2D eigenvalue weighted by atomic mass is 10.1. The van der Waals surface area contributed by atoms with Gasteiger partial charge in [0.05, 0.1) is 11.9 Å². The van der Waals surface area contributed by atoms with Crippen molar-refractivity contribution in [1.82, 2.24) is 15.0 Å². The van der Waals surface area contributed by atoms with Crippen molar-refractivity contribution in [2.75, 3.05) is 11.9 Å². The number of nitrogens with one attached hydrogen (secondary N) is 1. The molecule has 0 spiro atoms. The van der Waals surface area contributed by atoms with Crippen LogP contribution in [0.5, 0.6) is 11.5 Å². The monoisotopic (exact) mass is 436 g/mol. The van der Waals surface area contributed by atoms with E-state index in [2.05, 4.69) is 20.3 Å². The summed E-state index contributed by atoms with van der Waals surface area (Å²) in [5.41, 5.74) is 0.909. The number of hydrogen-bond donors (Lipinski definition) is 1. The number of ether oxygens (including phenoxy) is 1. The lowest BCUT2D eigenvalue weighted by Gasteiger charge is -2.11. The highest BCUT2D eigenvalue weighted by Crippen LogP contribution is 2.29. The second-order valence-corrected chi connectivity index (χ2v) is 6.91. The number of nitrogens with zero attached hydrogens (tertiary/aromatic N) is 3. The van der Waals surface area contributed by atoms with Crippen LogP contribution >= 0.6 is 11.6 Å². The first-order valence-corrected chi connectivity index (χ1v) is 9.71. The fourth-order valence-corrected chi connectivity index (χ4v) is 3.05. The van der Waals surface area contributed by atoms with Gasteiger partial charge in [0.2, 0.25) is 0 Å². The molecule has 0 aliphatic heterocycles. The van der Waals surface area contributed by atoms with Crippen LogP contribution in [0.4, 0.5) is 19.0 Å². The molecule has 0 unspecified atom stereocenters. The summed E-state index contributed by atoms with van der Waals surface area (Å²) in [5, 5.41) is 3.77. The molecule has 0 bridgehead atoms. The molecule has 30 heavy (non-hydrogen) atoms. The lowest BCUT2D eigenvalue weighted by Crippen LogP contribution is -2.09. The van der Waals surface area contributed by atoms with Crippen LogP contribution in [0.25, 0.3) is 0 Å². The Bertz CT molecular complexity index is 993. The van der Waals surface area contributed by atoms with Crippen molar-refractivity contribution < 1.29 is 17.9 Å². The van der Waals surface area contributed by atoms with Crippen LogP contribution in [0.3, 0.4) is 0 Å². The Labute approximate surface area is 177 Å². The maximum absolute atomic E-state index is 12.6. The molecule has 1 aromatic carbocycles. The summed E-state index contributed by atoms with van der Waals surface area (Å²) in [4.78, 5) is 12.0. The molecule has 158 valence electrons. The third-order valence-corrected chi connectivity index (χ3v) is 4.66. The van der Waals surface area contributed by atoms with Crippen LogP contribution in [0.2, 0.25) is 5.02 Å². The predicted octanol–water partition coefficient (Wildman–Crippen LogP) is 5.86. The molecular weight excluding hydrogens is 417 g/mol. The summed E-state index contributed by atoms with van der Waals surface area (Å²) in [6, 6.07) is 9.41. The number of anilines is 1. The Morgan fingerprint density at radius 3 is 2.33 bits per heavy atom. The standard InChI is InChI=1S/C21H20ClF3N4O/c1-3-17-19(22)20(29-13(2)28-17)26-11-10-14-4-6-15(7-5-14)30-16-8-9-18(27-12-16)21(23,24)25/h4-9,12H,3,10-11H2,1-2H3,(H,26,28,29). The van der Waals surface area contributed by atoms with Gasteiger partial charge in [-0.15, -0.1) is 0 Å². The molecule has 1 N–H and O–H groups in total. The van der Waals surface area contributed by atoms with Gasteiger partial charge < -0.3 is 10.1 Å². The fraction of sp³-hybridized carbons (Fsp3) is 0.286. The Morgan fingerprint density at radius 1 is 1.03 bits per heavy atom. The van der Waals surface area contributed by atoms with Gasteiger partial charge in [-0.3, -0.25) is 0 Å². The minimum Gasteiger partial charge on any atom is -0.456 e. The summed E-state index contributed by atoms with van der Waals surface area (Å²) in [7, 11) is 0. The number of aromatic nitrogens is 3. The summed E-state index contributed by atoms with van der Waals surface area (Å²) in [6.07, 6.45) is -1.96. The smallest absolute Gasteiger partial charge is 0.433 e. The second kappa shape index (κ2) is 9.30. The zero-order valence-electron chi connectivity index (χ0n) is 16.4. The largest absolute Gasteiger partial charge is 0.456 e. The number of halogens is 4. The highest BCUT2D eigenvalue weighted by atomic mass is 35.5. The number of alkyl halides is 3. The van der Waals surface area contributed by atoms with Crippen molar-refractivity contribution >= 4 is 17.4 Å². The van der Waals surface area contributed by atoms with E-state index in [1.54, 1.807) is 12.1 Å². The zero-order valence-corrected chi connectivity index (χ0v) is 17.2. The summed E-state index contributed by atoms with van der Waals surface area (Å²) < 4.78 is 43.2. The lowest BCUT2D eigenvalue weighted by molar-refractivity contribution is -0.141. The first-order valence-electron chi connectivity index (χ1n) is 9.33. The average Bonchev–Trinajstić information content (AvgIpc) is 2.71. The highest BCUT2D eigenvalue weighted by molar-refractivity contribution is 6.33. The zero-order chi connectivity index (χ0) is 21.7. The van der Waals surface area contributed by atoms with E-state index in [9.17, 15) is 13.2 Å². The first kappa shape index (κ1) is 21.8. The Morgan fingerprint density at radius 2 is 1.73 bits per heavy atom. The Hall–Kier alpha value is -2.87. The molecule has 3 rings (SSSR count). The molecule has 0 atom stereocenters. The maximum atomic E-state index is 12.6. The van der Waals surface area contributed by atoms with Gasteiger partial charge in [-0.05, 0) is 49.6 Å². The normalized spacial score (nSPS) is 11.4. The summed E-state index contributed by atoms with van der Waals surface area (Å²) in [5.74, 6) is 2.03. The van der Waals surface area contributed by atoms with Crippen molar-refractivity contribution in [3.63, 3.8) is 0 Å². The molecular formula is C21H20ClF3N4O. The van der Waals surface area contributed by atoms with Gasteiger partial charge in [0.1, 0.15) is 33.9 Å². The maximum Gasteiger partial charge on any atom is 0.433 e. The van der Waals surface area contributed by atoms with E-state index in [4.69, 9.17) is 16.3 Å². The molecule has 0 aliphatic rings. The Balaban J connectivity index is 1.56. The van der Waals surface area contributed by atoms with Crippen LogP contribution in [-0.2, 0) is 19.0 Å². The fourth-order valence-electron chi connectivity index (χ4n) is 2.76. The summed E-state index contributed by atoms with van der Waals surface area (Å²) >= 11 is 6.32. The molecule has 0 radical (unpaired) electrons. The van der Waals surface area contributed by atoms with Gasteiger partial charge in [0.25, 0.3) is 0 Å². The van der Waals surface area contributed by atoms with E-state index in [0.29, 0.717) is 29.0 Å². The van der Waals surface area contributed by atoms with Gasteiger partial charge in [0, 0.05) is 6.54 Å². The van der Waals surface area contributed by atoms with E-state index in [-0.39, 0.29) is 5.75 Å². The van der Waals surface area contributed by atoms with Crippen LogP contribution in [0, 0.1) is 6.92 Å². The molecule has 2 aromatic heterocycles. The SMILES string of the molecule is CCc1nc(C)nc(NCCc2ccc(Oc3ccc(C(F)(F)F)nc3)cc2)c1Cl. The number of pyridine rings is 1. The Kier molecular flexibility index (Phi) is 6.77. The van der Waals surface area contributed by atoms with E-state index in [1.165, 1.54) is 6.07 Å². The molecule has 3 aromatic rings. The van der Waals surface area contributed by atoms with Gasteiger partial charge in [0.15, 0.2) is 0 Å². The van der Waals surface area contributed by atoms with Gasteiger partial charge in [-0.2, -0.15) is 13.2 Å². The number of aryl methyl sites for hydroxylation is 2. The molecule has 0 saturated heterocycles. The van der Waals surface area contributed by atoms with Crippen LogP contribution in [0.1, 0.15) is 29.7 Å². The van der Waals surface area contributed by atoms with Crippen molar-refractivity contribution in [2.45, 2.75) is 32.9 Å². The minimum atomic E-state index is -4.47. The van der Waals surface area contributed by atoms with E-state index in [1.807, 2.05) is 26.0 Å². The van der Waals surface area contributed by atoms with E-state index >= 15 is 0 Å². The molecule has 9 heteroatoms. The topological polar surface area (TPSA) is 59.9 Å². The van der Waals surface area contributed by atoms with Crippen molar-refractivity contribution in [2.24, 2.45) is 0 Å². The molecule has 0 aliphatic carbocycles. The van der Waals surface area contributed by atoms with Gasteiger partial charge >= 0.3 is 6.18 Å². The molecule has 5 nitrogen and oxygen atoms in total. The predicted molar refractivity (Wildman–Crippen MR) is 109 cm³/mol. The van der Waals surface area contributed by atoms with Crippen LogP contribution < -0.4 is 10.1 Å². The van der Waals surface area contributed by atoms with E-state index in [0.717, 1.165) is 36.4 Å². The van der Waals surface area contributed by atoms with E-state index < -0.39 is 11.9 Å². The third kappa shape index (κ3) is 5.60. The summed E-state index contributed by atoms with van der Waals surface area (Å²) in [6.45, 7) is 4.44. The molecule has 0 saturated carbocycles. The highest BCUT2D eigenvalue weighted by Gasteiger charge is 2.32. The second-order valence-electron chi connectivity index (χ2n) is 6.53. The van der Waals surface area contributed by atoms with Crippen molar-refractivity contribution in [3.05, 3.63) is 70.4 Å². The average molecular weight is 437 g/mol. The number of hydrogen-bond acceptors (Lipinski definition) is 5. The van der Waals surface area contributed by atoms with Gasteiger partial charge in [-0.1, -0.05) is 30.7 Å². The first-order chi connectivity index (χ1) is 14.3. The molecule has 2 heterocycles. The van der Waals surface area contributed by atoms with Crippen LogP contribution in [-0.4, -0.2) is 21.5 Å². The minimum absolute atomic E-state index is 0.234. The van der Waals surface area contributed by atoms with Crippen LogP contribution in [0.15, 0.2) is 42.6 Å². The van der Waals surface area contributed by atoms with Gasteiger partial charge in [-0.25, -0.2) is 15.0 Å². The third-order valence-electron chi connectivity index (χ3n) is 4.26. The quantitative estimate of drug-likeness (QED) is 0.502. The number of rotatable bonds is 7. The molecule has 0 fully saturated rings. The van der Waals surface area contributed by atoms with Crippen molar-refractivity contribution in [3.8, 4) is 11.5 Å².